The Bertz CT molecular complexity index is 1090. The van der Waals surface area contributed by atoms with Crippen LogP contribution in [-0.4, -0.2) is 22.1 Å². The fraction of sp³-hybridized carbons (Fsp3) is 0.417. The van der Waals surface area contributed by atoms with Crippen LogP contribution in [0, 0.1) is 18.3 Å². The van der Waals surface area contributed by atoms with Crippen LogP contribution in [0.3, 0.4) is 0 Å². The topological polar surface area (TPSA) is 44.9 Å². The first-order valence-electron chi connectivity index (χ1n) is 10.6. The smallest absolute Gasteiger partial charge is 0.147 e. The first-order valence-corrected chi connectivity index (χ1v) is 10.9. The molecule has 158 valence electrons. The summed E-state index contributed by atoms with van der Waals surface area (Å²) in [5.74, 6) is 0. The van der Waals surface area contributed by atoms with E-state index in [2.05, 4.69) is 48.6 Å². The lowest BCUT2D eigenvalue weighted by atomic mass is 9.98. The summed E-state index contributed by atoms with van der Waals surface area (Å²) in [6.45, 7) is 7.63. The maximum atomic E-state index is 9.64. The molecule has 0 fully saturated rings. The van der Waals surface area contributed by atoms with Crippen molar-refractivity contribution in [2.24, 2.45) is 0 Å². The number of rotatable bonds is 6. The molecule has 30 heavy (non-hydrogen) atoms. The van der Waals surface area contributed by atoms with Gasteiger partial charge in [-0.3, -0.25) is 4.57 Å². The van der Waals surface area contributed by atoms with E-state index in [1.807, 2.05) is 12.1 Å². The van der Waals surface area contributed by atoms with E-state index >= 15 is 0 Å². The van der Waals surface area contributed by atoms with Gasteiger partial charge in [-0.1, -0.05) is 38.3 Å². The fourth-order valence-electron chi connectivity index (χ4n) is 4.67. The van der Waals surface area contributed by atoms with Crippen LogP contribution in [0.1, 0.15) is 56.4 Å². The lowest BCUT2D eigenvalue weighted by molar-refractivity contribution is 0.502. The van der Waals surface area contributed by atoms with Crippen molar-refractivity contribution < 1.29 is 0 Å². The second kappa shape index (κ2) is 9.29. The van der Waals surface area contributed by atoms with Crippen molar-refractivity contribution in [3.05, 3.63) is 52.3 Å². The maximum Gasteiger partial charge on any atom is 0.147 e. The van der Waals surface area contributed by atoms with Gasteiger partial charge in [0.05, 0.1) is 16.9 Å². The lowest BCUT2D eigenvalue weighted by Crippen LogP contribution is -2.38. The molecule has 3 heterocycles. The molecule has 0 bridgehead atoms. The highest BCUT2D eigenvalue weighted by Crippen LogP contribution is 2.39. The van der Waals surface area contributed by atoms with Crippen molar-refractivity contribution in [2.45, 2.75) is 58.9 Å². The molecule has 0 saturated carbocycles. The van der Waals surface area contributed by atoms with Crippen LogP contribution in [-0.2, 0) is 6.42 Å². The number of halogens is 2. The second-order valence-electron chi connectivity index (χ2n) is 7.95. The third kappa shape index (κ3) is 3.89. The van der Waals surface area contributed by atoms with Gasteiger partial charge >= 0.3 is 0 Å². The standard InChI is InChI=1S/C24H27ClN4.ClH/c1-4-6-20(7-5-2)28-11-10-17-15-29(21-9-8-19(25)13-18(21)14-26)24-23(17)22(28)12-16(3)27-24;/h8-9,12-13,15,20H,4-7,10-11H2,1-3H3;1H. The molecule has 0 saturated heterocycles. The molecule has 0 spiro atoms. The van der Waals surface area contributed by atoms with E-state index in [1.165, 1.54) is 42.3 Å². The molecular formula is C24H28Cl2N4. The first kappa shape index (κ1) is 22.5. The van der Waals surface area contributed by atoms with E-state index in [4.69, 9.17) is 16.6 Å². The van der Waals surface area contributed by atoms with Gasteiger partial charge in [-0.05, 0) is 56.0 Å². The van der Waals surface area contributed by atoms with Crippen LogP contribution in [0.25, 0.3) is 16.7 Å². The lowest BCUT2D eigenvalue weighted by Gasteiger charge is -2.37. The number of hydrogen-bond donors (Lipinski definition) is 0. The van der Waals surface area contributed by atoms with Crippen molar-refractivity contribution in [1.29, 1.82) is 5.26 Å². The molecule has 0 unspecified atom stereocenters. The Morgan fingerprint density at radius 2 is 1.90 bits per heavy atom. The van der Waals surface area contributed by atoms with Crippen molar-refractivity contribution in [1.82, 2.24) is 9.55 Å². The van der Waals surface area contributed by atoms with Crippen molar-refractivity contribution in [3.8, 4) is 11.8 Å². The van der Waals surface area contributed by atoms with Crippen LogP contribution in [0.15, 0.2) is 30.5 Å². The Morgan fingerprint density at radius 3 is 2.57 bits per heavy atom. The Balaban J connectivity index is 0.00000256. The summed E-state index contributed by atoms with van der Waals surface area (Å²) in [5, 5.41) is 11.5. The molecular weight excluding hydrogens is 415 g/mol. The van der Waals surface area contributed by atoms with Crippen LogP contribution in [0.4, 0.5) is 5.69 Å². The molecule has 0 atom stereocenters. The number of benzene rings is 1. The minimum atomic E-state index is 0. The average molecular weight is 443 g/mol. The first-order chi connectivity index (χ1) is 14.1. The van der Waals surface area contributed by atoms with E-state index in [9.17, 15) is 5.26 Å². The fourth-order valence-corrected chi connectivity index (χ4v) is 4.85. The predicted molar refractivity (Wildman–Crippen MR) is 127 cm³/mol. The number of aryl methyl sites for hydroxylation is 1. The molecule has 0 radical (unpaired) electrons. The van der Waals surface area contributed by atoms with E-state index in [0.717, 1.165) is 30.0 Å². The molecule has 4 rings (SSSR count). The molecule has 1 aliphatic rings. The highest BCUT2D eigenvalue weighted by molar-refractivity contribution is 6.30. The highest BCUT2D eigenvalue weighted by atomic mass is 35.5. The van der Waals surface area contributed by atoms with Crippen molar-refractivity contribution in [2.75, 3.05) is 11.4 Å². The van der Waals surface area contributed by atoms with E-state index < -0.39 is 0 Å². The molecule has 0 amide bonds. The summed E-state index contributed by atoms with van der Waals surface area (Å²) in [7, 11) is 0. The molecule has 1 aliphatic heterocycles. The molecule has 1 aromatic carbocycles. The zero-order valence-corrected chi connectivity index (χ0v) is 19.4. The van der Waals surface area contributed by atoms with Gasteiger partial charge in [-0.15, -0.1) is 12.4 Å². The summed E-state index contributed by atoms with van der Waals surface area (Å²) in [5.41, 5.74) is 5.95. The largest absolute Gasteiger partial charge is 0.368 e. The number of nitrogens with zero attached hydrogens (tertiary/aromatic N) is 4. The third-order valence-electron chi connectivity index (χ3n) is 5.90. The SMILES string of the molecule is CCCC(CCC)N1CCc2cn(-c3ccc(Cl)cc3C#N)c3nc(C)cc1c23.Cl. The summed E-state index contributed by atoms with van der Waals surface area (Å²) in [6, 6.07) is 10.6. The van der Waals surface area contributed by atoms with Gasteiger partial charge < -0.3 is 4.90 Å². The van der Waals surface area contributed by atoms with Gasteiger partial charge in [-0.25, -0.2) is 4.98 Å². The van der Waals surface area contributed by atoms with Crippen molar-refractivity contribution >= 4 is 40.7 Å². The van der Waals surface area contributed by atoms with Crippen LogP contribution >= 0.6 is 24.0 Å². The second-order valence-corrected chi connectivity index (χ2v) is 8.39. The summed E-state index contributed by atoms with van der Waals surface area (Å²) < 4.78 is 2.08. The summed E-state index contributed by atoms with van der Waals surface area (Å²) in [4.78, 5) is 7.50. The van der Waals surface area contributed by atoms with Gasteiger partial charge in [0.1, 0.15) is 11.7 Å². The van der Waals surface area contributed by atoms with Crippen LogP contribution in [0.5, 0.6) is 0 Å². The van der Waals surface area contributed by atoms with Crippen LogP contribution < -0.4 is 4.90 Å². The van der Waals surface area contributed by atoms with Crippen molar-refractivity contribution in [3.63, 3.8) is 0 Å². The molecule has 0 aliphatic carbocycles. The maximum absolute atomic E-state index is 9.64. The Hall–Kier alpha value is -2.22. The Labute approximate surface area is 189 Å². The summed E-state index contributed by atoms with van der Waals surface area (Å²) >= 11 is 6.12. The van der Waals surface area contributed by atoms with Gasteiger partial charge in [0.25, 0.3) is 0 Å². The zero-order chi connectivity index (χ0) is 20.5. The van der Waals surface area contributed by atoms with E-state index in [-0.39, 0.29) is 12.4 Å². The average Bonchev–Trinajstić information content (AvgIpc) is 3.07. The normalized spacial score (nSPS) is 12.9. The number of aromatic nitrogens is 2. The van der Waals surface area contributed by atoms with Gasteiger partial charge in [-0.2, -0.15) is 5.26 Å². The molecule has 3 aromatic rings. The number of nitriles is 1. The minimum Gasteiger partial charge on any atom is -0.368 e. The number of hydrogen-bond acceptors (Lipinski definition) is 3. The number of anilines is 1. The Kier molecular flexibility index (Phi) is 6.95. The predicted octanol–water partition coefficient (Wildman–Crippen LogP) is 6.61. The Morgan fingerprint density at radius 1 is 1.17 bits per heavy atom. The van der Waals surface area contributed by atoms with E-state index in [1.54, 1.807) is 6.07 Å². The van der Waals surface area contributed by atoms with Gasteiger partial charge in [0.2, 0.25) is 0 Å². The van der Waals surface area contributed by atoms with Gasteiger partial charge in [0, 0.05) is 34.9 Å². The molecule has 6 heteroatoms. The molecule has 0 N–H and O–H groups in total. The summed E-state index contributed by atoms with van der Waals surface area (Å²) in [6.07, 6.45) is 7.97. The van der Waals surface area contributed by atoms with Gasteiger partial charge in [0.15, 0.2) is 0 Å². The zero-order valence-electron chi connectivity index (χ0n) is 17.8. The number of pyridine rings is 1. The third-order valence-corrected chi connectivity index (χ3v) is 6.13. The monoisotopic (exact) mass is 442 g/mol. The minimum absolute atomic E-state index is 0. The van der Waals surface area contributed by atoms with Crippen LogP contribution in [0.2, 0.25) is 5.02 Å². The molecule has 2 aromatic heterocycles. The quantitative estimate of drug-likeness (QED) is 0.431. The van der Waals surface area contributed by atoms with E-state index in [0.29, 0.717) is 16.6 Å². The highest BCUT2D eigenvalue weighted by Gasteiger charge is 2.28. The molecule has 4 nitrogen and oxygen atoms in total.